The molecule has 2 aliphatic heterocycles. The van der Waals surface area contributed by atoms with E-state index in [0.29, 0.717) is 0 Å². The van der Waals surface area contributed by atoms with Gasteiger partial charge in [-0.3, -0.25) is 9.89 Å². The quantitative estimate of drug-likeness (QED) is 0.788. The molecule has 0 N–H and O–H groups in total. The molecule has 0 spiro atoms. The van der Waals surface area contributed by atoms with Gasteiger partial charge < -0.3 is 9.64 Å². The van der Waals surface area contributed by atoms with Gasteiger partial charge in [0.15, 0.2) is 5.17 Å². The Balaban J connectivity index is 1.57. The van der Waals surface area contributed by atoms with Gasteiger partial charge in [0.1, 0.15) is 5.82 Å². The molecule has 0 radical (unpaired) electrons. The summed E-state index contributed by atoms with van der Waals surface area (Å²) in [6.07, 6.45) is 2.24. The number of amidine groups is 1. The number of benzene rings is 1. The summed E-state index contributed by atoms with van der Waals surface area (Å²) in [6.45, 7) is 7.42. The molecule has 2 aliphatic rings. The average molecular weight is 351 g/mol. The average Bonchev–Trinajstić information content (AvgIpc) is 2.63. The van der Waals surface area contributed by atoms with Crippen LogP contribution in [0.1, 0.15) is 18.4 Å². The predicted molar refractivity (Wildman–Crippen MR) is 98.1 cm³/mol. The van der Waals surface area contributed by atoms with Crippen LogP contribution in [0, 0.1) is 5.82 Å². The lowest BCUT2D eigenvalue weighted by atomic mass is 10.2. The van der Waals surface area contributed by atoms with Crippen LogP contribution in [0.25, 0.3) is 0 Å². The van der Waals surface area contributed by atoms with Gasteiger partial charge in [-0.2, -0.15) is 0 Å². The van der Waals surface area contributed by atoms with Crippen molar-refractivity contribution in [3.63, 3.8) is 0 Å². The van der Waals surface area contributed by atoms with Crippen molar-refractivity contribution in [3.8, 4) is 0 Å². The standard InChI is InChI=1S/C18H26FN3OS/c19-17-5-1-4-16(14-17)15-22(18-20-6-2-13-24-18)8-3-7-21-9-11-23-12-10-21/h1,4-5,14H,2-3,6-13,15H2. The van der Waals surface area contributed by atoms with Gasteiger partial charge in [0.05, 0.1) is 13.2 Å². The van der Waals surface area contributed by atoms with Crippen molar-refractivity contribution in [1.29, 1.82) is 0 Å². The zero-order valence-corrected chi connectivity index (χ0v) is 14.9. The highest BCUT2D eigenvalue weighted by Crippen LogP contribution is 2.19. The summed E-state index contributed by atoms with van der Waals surface area (Å²) < 4.78 is 18.9. The van der Waals surface area contributed by atoms with Gasteiger partial charge in [-0.1, -0.05) is 23.9 Å². The van der Waals surface area contributed by atoms with Crippen molar-refractivity contribution < 1.29 is 9.13 Å². The monoisotopic (exact) mass is 351 g/mol. The van der Waals surface area contributed by atoms with E-state index in [4.69, 9.17) is 9.73 Å². The zero-order chi connectivity index (χ0) is 16.6. The highest BCUT2D eigenvalue weighted by atomic mass is 32.2. The fraction of sp³-hybridized carbons (Fsp3) is 0.611. The molecule has 1 saturated heterocycles. The van der Waals surface area contributed by atoms with E-state index >= 15 is 0 Å². The van der Waals surface area contributed by atoms with Crippen LogP contribution >= 0.6 is 11.8 Å². The first-order valence-corrected chi connectivity index (χ1v) is 9.76. The molecule has 2 heterocycles. The minimum atomic E-state index is -0.168. The number of aliphatic imine (C=N–C) groups is 1. The number of halogens is 1. The van der Waals surface area contributed by atoms with Crippen molar-refractivity contribution in [1.82, 2.24) is 9.80 Å². The van der Waals surface area contributed by atoms with E-state index in [1.807, 2.05) is 17.8 Å². The Morgan fingerprint density at radius 2 is 2.17 bits per heavy atom. The molecule has 3 rings (SSSR count). The van der Waals surface area contributed by atoms with Crippen molar-refractivity contribution in [2.24, 2.45) is 4.99 Å². The zero-order valence-electron chi connectivity index (χ0n) is 14.1. The Morgan fingerprint density at radius 3 is 2.92 bits per heavy atom. The van der Waals surface area contributed by atoms with Gasteiger partial charge in [-0.05, 0) is 30.5 Å². The summed E-state index contributed by atoms with van der Waals surface area (Å²) in [5, 5.41) is 1.12. The van der Waals surface area contributed by atoms with Gasteiger partial charge in [0, 0.05) is 45.0 Å². The van der Waals surface area contributed by atoms with Crippen LogP contribution in [0.15, 0.2) is 29.3 Å². The molecule has 0 atom stereocenters. The number of thioether (sulfide) groups is 1. The topological polar surface area (TPSA) is 28.1 Å². The van der Waals surface area contributed by atoms with E-state index < -0.39 is 0 Å². The van der Waals surface area contributed by atoms with Gasteiger partial charge in [0.25, 0.3) is 0 Å². The molecule has 1 fully saturated rings. The molecule has 1 aromatic carbocycles. The lowest BCUT2D eigenvalue weighted by molar-refractivity contribution is 0.0368. The normalized spacial score (nSPS) is 19.1. The molecule has 1 aromatic rings. The summed E-state index contributed by atoms with van der Waals surface area (Å²) in [4.78, 5) is 9.47. The first-order chi connectivity index (χ1) is 11.8. The highest BCUT2D eigenvalue weighted by molar-refractivity contribution is 8.13. The Bertz CT molecular complexity index is 549. The maximum absolute atomic E-state index is 13.5. The van der Waals surface area contributed by atoms with Gasteiger partial charge in [0.2, 0.25) is 0 Å². The van der Waals surface area contributed by atoms with Crippen LogP contribution in [0.5, 0.6) is 0 Å². The van der Waals surface area contributed by atoms with Crippen molar-refractivity contribution in [2.45, 2.75) is 19.4 Å². The van der Waals surface area contributed by atoms with Gasteiger partial charge in [-0.25, -0.2) is 4.39 Å². The second-order valence-electron chi connectivity index (χ2n) is 6.23. The molecule has 0 bridgehead atoms. The molecular weight excluding hydrogens is 325 g/mol. The summed E-state index contributed by atoms with van der Waals surface area (Å²) in [6, 6.07) is 6.90. The van der Waals surface area contributed by atoms with Crippen LogP contribution in [-0.4, -0.2) is 66.7 Å². The van der Waals surface area contributed by atoms with Crippen molar-refractivity contribution in [2.75, 3.05) is 51.7 Å². The molecule has 132 valence electrons. The number of nitrogens with zero attached hydrogens (tertiary/aromatic N) is 3. The van der Waals surface area contributed by atoms with Crippen LogP contribution in [0.3, 0.4) is 0 Å². The lowest BCUT2D eigenvalue weighted by Gasteiger charge is -2.30. The third kappa shape index (κ3) is 5.46. The summed E-state index contributed by atoms with van der Waals surface area (Å²) >= 11 is 1.83. The van der Waals surface area contributed by atoms with Crippen molar-refractivity contribution in [3.05, 3.63) is 35.6 Å². The van der Waals surface area contributed by atoms with E-state index in [2.05, 4.69) is 9.80 Å². The lowest BCUT2D eigenvalue weighted by Crippen LogP contribution is -2.39. The summed E-state index contributed by atoms with van der Waals surface area (Å²) in [5.74, 6) is 0.959. The number of hydrogen-bond acceptors (Lipinski definition) is 5. The van der Waals surface area contributed by atoms with Crippen LogP contribution in [0.4, 0.5) is 4.39 Å². The van der Waals surface area contributed by atoms with E-state index in [9.17, 15) is 4.39 Å². The van der Waals surface area contributed by atoms with Crippen LogP contribution in [-0.2, 0) is 11.3 Å². The maximum atomic E-state index is 13.5. The van der Waals surface area contributed by atoms with Gasteiger partial charge >= 0.3 is 0 Å². The number of hydrogen-bond donors (Lipinski definition) is 0. The van der Waals surface area contributed by atoms with Crippen molar-refractivity contribution >= 4 is 16.9 Å². The predicted octanol–water partition coefficient (Wildman–Crippen LogP) is 2.84. The minimum absolute atomic E-state index is 0.168. The van der Waals surface area contributed by atoms with E-state index in [0.717, 1.165) is 81.8 Å². The first kappa shape index (κ1) is 17.7. The largest absolute Gasteiger partial charge is 0.379 e. The molecule has 0 aliphatic carbocycles. The van der Waals surface area contributed by atoms with E-state index in [1.54, 1.807) is 12.1 Å². The Labute approximate surface area is 148 Å². The van der Waals surface area contributed by atoms with Crippen LogP contribution < -0.4 is 0 Å². The summed E-state index contributed by atoms with van der Waals surface area (Å²) in [5.41, 5.74) is 1.01. The Morgan fingerprint density at radius 1 is 1.29 bits per heavy atom. The third-order valence-electron chi connectivity index (χ3n) is 4.32. The Hall–Kier alpha value is -1.11. The van der Waals surface area contributed by atoms with Crippen LogP contribution in [0.2, 0.25) is 0 Å². The molecule has 4 nitrogen and oxygen atoms in total. The fourth-order valence-electron chi connectivity index (χ4n) is 3.05. The molecule has 0 aromatic heterocycles. The molecule has 0 amide bonds. The molecular formula is C18H26FN3OS. The molecule has 0 unspecified atom stereocenters. The molecule has 6 heteroatoms. The maximum Gasteiger partial charge on any atom is 0.159 e. The minimum Gasteiger partial charge on any atom is -0.379 e. The second kappa shape index (κ2) is 9.39. The third-order valence-corrected chi connectivity index (χ3v) is 5.46. The second-order valence-corrected chi connectivity index (χ2v) is 7.29. The SMILES string of the molecule is Fc1cccc(CN(CCCN2CCOCC2)C2=NCCCS2)c1. The van der Waals surface area contributed by atoms with Gasteiger partial charge in [-0.15, -0.1) is 0 Å². The van der Waals surface area contributed by atoms with E-state index in [1.165, 1.54) is 6.07 Å². The first-order valence-electron chi connectivity index (χ1n) is 8.78. The number of morpholine rings is 1. The number of rotatable bonds is 6. The highest BCUT2D eigenvalue weighted by Gasteiger charge is 2.16. The smallest absolute Gasteiger partial charge is 0.159 e. The molecule has 24 heavy (non-hydrogen) atoms. The fourth-order valence-corrected chi connectivity index (χ4v) is 4.02. The van der Waals surface area contributed by atoms with E-state index in [-0.39, 0.29) is 5.82 Å². The number of ether oxygens (including phenoxy) is 1. The molecule has 0 saturated carbocycles. The summed E-state index contributed by atoms with van der Waals surface area (Å²) in [7, 11) is 0. The Kier molecular flexibility index (Phi) is 6.93.